The molecule has 0 amide bonds. The van der Waals surface area contributed by atoms with E-state index >= 15 is 0 Å². The standard InChI is InChI=1S/C22H27NO9S2/c1-29-17-12-15-5-4-10-33-18(20(15)22(31-3)21(17)30-2)13-32-9-8-14-11-16(23(24)25)6-7-19(14)34(26,27)28/h6-7,11-12,18H,4-5,8-10,13H2,1-3H3,(H,26,27,28). The minimum Gasteiger partial charge on any atom is -0.493 e. The molecule has 1 aliphatic heterocycles. The Morgan fingerprint density at radius 3 is 2.50 bits per heavy atom. The number of ether oxygens (including phenoxy) is 4. The highest BCUT2D eigenvalue weighted by atomic mass is 32.2. The van der Waals surface area contributed by atoms with Crippen LogP contribution in [0.4, 0.5) is 5.69 Å². The van der Waals surface area contributed by atoms with E-state index in [4.69, 9.17) is 18.9 Å². The fraction of sp³-hybridized carbons (Fsp3) is 0.455. The van der Waals surface area contributed by atoms with Crippen molar-refractivity contribution < 1.29 is 36.8 Å². The number of aryl methyl sites for hydroxylation is 1. The molecule has 3 rings (SSSR count). The Morgan fingerprint density at radius 2 is 1.88 bits per heavy atom. The first-order valence-corrected chi connectivity index (χ1v) is 13.0. The van der Waals surface area contributed by atoms with Crippen molar-refractivity contribution in [3.8, 4) is 17.2 Å². The van der Waals surface area contributed by atoms with Crippen LogP contribution in [-0.4, -0.2) is 58.2 Å². The third-order valence-corrected chi connectivity index (χ3v) is 7.76. The van der Waals surface area contributed by atoms with Crippen LogP contribution in [0.2, 0.25) is 0 Å². The van der Waals surface area contributed by atoms with Gasteiger partial charge in [0, 0.05) is 17.7 Å². The average molecular weight is 514 g/mol. The Hall–Kier alpha value is -2.54. The number of methoxy groups -OCH3 is 3. The molecule has 0 spiro atoms. The second-order valence-electron chi connectivity index (χ2n) is 7.53. The highest BCUT2D eigenvalue weighted by molar-refractivity contribution is 7.99. The lowest BCUT2D eigenvalue weighted by Crippen LogP contribution is -2.12. The highest BCUT2D eigenvalue weighted by Gasteiger charge is 2.29. The Morgan fingerprint density at radius 1 is 1.15 bits per heavy atom. The summed E-state index contributed by atoms with van der Waals surface area (Å²) in [6.45, 7) is 0.408. The molecule has 2 aromatic rings. The molecule has 1 aliphatic rings. The number of non-ortho nitro benzene ring substituents is 1. The summed E-state index contributed by atoms with van der Waals surface area (Å²) in [5, 5.41) is 11.0. The molecule has 0 aliphatic carbocycles. The normalized spacial score (nSPS) is 15.8. The van der Waals surface area contributed by atoms with Gasteiger partial charge in [0.25, 0.3) is 15.8 Å². The van der Waals surface area contributed by atoms with E-state index in [1.165, 1.54) is 0 Å². The van der Waals surface area contributed by atoms with Gasteiger partial charge in [0.15, 0.2) is 11.5 Å². The predicted octanol–water partition coefficient (Wildman–Crippen LogP) is 3.85. The van der Waals surface area contributed by atoms with Crippen LogP contribution < -0.4 is 14.2 Å². The number of hydrogen-bond donors (Lipinski definition) is 1. The van der Waals surface area contributed by atoms with Gasteiger partial charge < -0.3 is 18.9 Å². The SMILES string of the molecule is COc1cc2c(c(OC)c1OC)C(COCCc1cc([N+](=O)[O-])ccc1S(=O)(=O)O)SCCC2. The van der Waals surface area contributed by atoms with E-state index in [1.807, 2.05) is 6.07 Å². The molecule has 1 unspecified atom stereocenters. The fourth-order valence-electron chi connectivity index (χ4n) is 3.99. The number of benzene rings is 2. The van der Waals surface area contributed by atoms with Crippen LogP contribution in [0.5, 0.6) is 17.2 Å². The van der Waals surface area contributed by atoms with Gasteiger partial charge in [-0.25, -0.2) is 0 Å². The minimum atomic E-state index is -4.53. The quantitative estimate of drug-likeness (QED) is 0.216. The summed E-state index contributed by atoms with van der Waals surface area (Å²) in [4.78, 5) is 10.1. The van der Waals surface area contributed by atoms with Gasteiger partial charge in [-0.1, -0.05) is 0 Å². The number of nitrogens with zero attached hydrogens (tertiary/aromatic N) is 1. The molecule has 10 nitrogen and oxygen atoms in total. The first kappa shape index (κ1) is 26.1. The second-order valence-corrected chi connectivity index (χ2v) is 10.2. The van der Waals surface area contributed by atoms with Crippen molar-refractivity contribution in [2.45, 2.75) is 29.4 Å². The lowest BCUT2D eigenvalue weighted by atomic mass is 9.98. The Labute approximate surface area is 202 Å². The van der Waals surface area contributed by atoms with E-state index in [2.05, 4.69) is 0 Å². The number of nitro groups is 1. The van der Waals surface area contributed by atoms with Crippen molar-refractivity contribution in [2.75, 3.05) is 40.3 Å². The van der Waals surface area contributed by atoms with E-state index in [0.717, 1.165) is 47.9 Å². The fourth-order valence-corrected chi connectivity index (χ4v) is 5.94. The molecule has 0 saturated carbocycles. The summed E-state index contributed by atoms with van der Waals surface area (Å²) in [5.74, 6) is 2.60. The molecule has 0 bridgehead atoms. The first-order chi connectivity index (χ1) is 16.2. The molecule has 0 saturated heterocycles. The van der Waals surface area contributed by atoms with Crippen molar-refractivity contribution in [3.05, 3.63) is 51.1 Å². The predicted molar refractivity (Wildman–Crippen MR) is 127 cm³/mol. The van der Waals surface area contributed by atoms with Crippen LogP contribution >= 0.6 is 11.8 Å². The van der Waals surface area contributed by atoms with Gasteiger partial charge in [-0.15, -0.1) is 0 Å². The van der Waals surface area contributed by atoms with Crippen molar-refractivity contribution in [2.24, 2.45) is 0 Å². The van der Waals surface area contributed by atoms with Gasteiger partial charge in [0.2, 0.25) is 5.75 Å². The molecule has 1 N–H and O–H groups in total. The first-order valence-electron chi connectivity index (χ1n) is 10.5. The molecular weight excluding hydrogens is 486 g/mol. The summed E-state index contributed by atoms with van der Waals surface area (Å²) >= 11 is 1.72. The lowest BCUT2D eigenvalue weighted by molar-refractivity contribution is -0.385. The lowest BCUT2D eigenvalue weighted by Gasteiger charge is -2.23. The number of hydrogen-bond acceptors (Lipinski definition) is 9. The number of fused-ring (bicyclic) bond motifs is 1. The molecule has 34 heavy (non-hydrogen) atoms. The smallest absolute Gasteiger partial charge is 0.294 e. The summed E-state index contributed by atoms with van der Waals surface area (Å²) in [7, 11) is 0.171. The molecule has 2 aromatic carbocycles. The van der Waals surface area contributed by atoms with Gasteiger partial charge in [0.05, 0.1) is 49.6 Å². The van der Waals surface area contributed by atoms with E-state index in [1.54, 1.807) is 33.1 Å². The van der Waals surface area contributed by atoms with E-state index in [-0.39, 0.29) is 34.4 Å². The molecule has 0 aromatic heterocycles. The molecule has 186 valence electrons. The number of thioether (sulfide) groups is 1. The monoisotopic (exact) mass is 513 g/mol. The average Bonchev–Trinajstić information content (AvgIpc) is 3.01. The topological polar surface area (TPSA) is 134 Å². The van der Waals surface area contributed by atoms with Crippen molar-refractivity contribution in [3.63, 3.8) is 0 Å². The maximum atomic E-state index is 11.7. The highest BCUT2D eigenvalue weighted by Crippen LogP contribution is 2.49. The van der Waals surface area contributed by atoms with E-state index < -0.39 is 15.0 Å². The zero-order chi connectivity index (χ0) is 24.9. The summed E-state index contributed by atoms with van der Waals surface area (Å²) < 4.78 is 55.4. The van der Waals surface area contributed by atoms with Gasteiger partial charge in [-0.2, -0.15) is 20.2 Å². The van der Waals surface area contributed by atoms with Crippen LogP contribution in [0.25, 0.3) is 0 Å². The molecular formula is C22H27NO9S2. The second kappa shape index (κ2) is 11.3. The molecule has 1 heterocycles. The van der Waals surface area contributed by atoms with Crippen LogP contribution in [0.15, 0.2) is 29.2 Å². The Balaban J connectivity index is 1.81. The molecule has 1 atom stereocenters. The molecule has 0 fully saturated rings. The van der Waals surface area contributed by atoms with Crippen LogP contribution in [0.3, 0.4) is 0 Å². The maximum absolute atomic E-state index is 11.7. The van der Waals surface area contributed by atoms with Crippen LogP contribution in [0, 0.1) is 10.1 Å². The zero-order valence-corrected chi connectivity index (χ0v) is 20.7. The minimum absolute atomic E-state index is 0.0709. The van der Waals surface area contributed by atoms with Gasteiger partial charge in [-0.05, 0) is 48.3 Å². The third-order valence-electron chi connectivity index (χ3n) is 5.50. The summed E-state index contributed by atoms with van der Waals surface area (Å²) in [5.41, 5.74) is 1.91. The maximum Gasteiger partial charge on any atom is 0.294 e. The van der Waals surface area contributed by atoms with Crippen molar-refractivity contribution >= 4 is 27.6 Å². The Kier molecular flexibility index (Phi) is 8.63. The van der Waals surface area contributed by atoms with Crippen LogP contribution in [0.1, 0.15) is 28.4 Å². The van der Waals surface area contributed by atoms with Crippen LogP contribution in [-0.2, 0) is 27.7 Å². The zero-order valence-electron chi connectivity index (χ0n) is 19.1. The van der Waals surface area contributed by atoms with Gasteiger partial charge in [-0.3, -0.25) is 14.7 Å². The molecule has 0 radical (unpaired) electrons. The number of rotatable bonds is 10. The Bertz CT molecular complexity index is 1150. The number of nitro benzene ring substituents is 1. The molecule has 12 heteroatoms. The van der Waals surface area contributed by atoms with Crippen molar-refractivity contribution in [1.82, 2.24) is 0 Å². The van der Waals surface area contributed by atoms with Gasteiger partial charge >= 0.3 is 0 Å². The summed E-state index contributed by atoms with van der Waals surface area (Å²) in [6.07, 6.45) is 1.89. The largest absolute Gasteiger partial charge is 0.493 e. The summed E-state index contributed by atoms with van der Waals surface area (Å²) in [6, 6.07) is 5.17. The third kappa shape index (κ3) is 5.74. The van der Waals surface area contributed by atoms with E-state index in [0.29, 0.717) is 23.9 Å². The van der Waals surface area contributed by atoms with Crippen molar-refractivity contribution in [1.29, 1.82) is 0 Å². The van der Waals surface area contributed by atoms with Gasteiger partial charge in [0.1, 0.15) is 0 Å². The van der Waals surface area contributed by atoms with E-state index in [9.17, 15) is 23.1 Å².